The maximum Gasteiger partial charge on any atom is 0.303 e. The number of hydrogen-bond donors (Lipinski definition) is 2. The first kappa shape index (κ1) is 25.1. The van der Waals surface area contributed by atoms with E-state index >= 15 is 0 Å². The number of unbranched alkanes of at least 4 members (excludes halogenated alkanes) is 4. The Kier molecular flexibility index (Phi) is 13.4. The van der Waals surface area contributed by atoms with Crippen molar-refractivity contribution in [1.82, 2.24) is 0 Å². The van der Waals surface area contributed by atoms with Gasteiger partial charge < -0.3 is 14.9 Å². The highest BCUT2D eigenvalue weighted by Crippen LogP contribution is 2.38. The van der Waals surface area contributed by atoms with Gasteiger partial charge in [-0.15, -0.1) is 0 Å². The maximum absolute atomic E-state index is 12.6. The summed E-state index contributed by atoms with van der Waals surface area (Å²) in [4.78, 5) is 23.2. The molecule has 1 fully saturated rings. The molecule has 0 heterocycles. The van der Waals surface area contributed by atoms with Crippen molar-refractivity contribution in [1.29, 1.82) is 0 Å². The van der Waals surface area contributed by atoms with E-state index in [9.17, 15) is 14.7 Å². The Labute approximate surface area is 171 Å². The predicted octanol–water partition coefficient (Wildman–Crippen LogP) is 5.13. The lowest BCUT2D eigenvalue weighted by Gasteiger charge is -2.24. The van der Waals surface area contributed by atoms with Crippen molar-refractivity contribution in [3.8, 4) is 0 Å². The van der Waals surface area contributed by atoms with Crippen molar-refractivity contribution < 1.29 is 24.5 Å². The third-order valence-electron chi connectivity index (χ3n) is 5.97. The molecule has 0 spiro atoms. The van der Waals surface area contributed by atoms with Crippen LogP contribution in [0, 0.1) is 11.8 Å². The molecule has 1 rings (SSSR count). The molecule has 0 bridgehead atoms. The molecule has 1 unspecified atom stereocenters. The van der Waals surface area contributed by atoms with Gasteiger partial charge in [-0.25, -0.2) is 0 Å². The lowest BCUT2D eigenvalue weighted by molar-refractivity contribution is -0.137. The van der Waals surface area contributed by atoms with Crippen molar-refractivity contribution >= 4 is 11.8 Å². The van der Waals surface area contributed by atoms with Crippen LogP contribution in [0.3, 0.4) is 0 Å². The Balaban J connectivity index is 2.46. The second-order valence-electron chi connectivity index (χ2n) is 8.42. The minimum Gasteiger partial charge on any atom is -0.481 e. The second kappa shape index (κ2) is 15.0. The van der Waals surface area contributed by atoms with E-state index in [2.05, 4.69) is 13.8 Å². The summed E-state index contributed by atoms with van der Waals surface area (Å²) in [5.41, 5.74) is 0. The van der Waals surface area contributed by atoms with Gasteiger partial charge in [-0.1, -0.05) is 52.4 Å². The zero-order valence-electron chi connectivity index (χ0n) is 18.0. The number of aliphatic hydroxyl groups is 1. The first-order chi connectivity index (χ1) is 13.5. The van der Waals surface area contributed by atoms with Gasteiger partial charge in [-0.2, -0.15) is 0 Å². The summed E-state index contributed by atoms with van der Waals surface area (Å²) in [6, 6.07) is 0. The molecule has 0 aromatic carbocycles. The first-order valence-electron chi connectivity index (χ1n) is 11.5. The minimum atomic E-state index is -0.733. The van der Waals surface area contributed by atoms with E-state index in [0.29, 0.717) is 18.8 Å². The van der Waals surface area contributed by atoms with Crippen LogP contribution in [0.25, 0.3) is 0 Å². The Morgan fingerprint density at radius 1 is 1.04 bits per heavy atom. The molecule has 0 amide bonds. The van der Waals surface area contributed by atoms with Crippen LogP contribution in [0.4, 0.5) is 0 Å². The molecule has 0 radical (unpaired) electrons. The SMILES string of the molecule is CCCCC(O)CCC[C@H]1[C@H](OCCC)CC(=O)[C@@H]1CCCCCCC(=O)O. The molecule has 0 aliphatic heterocycles. The number of aliphatic hydroxyl groups excluding tert-OH is 1. The van der Waals surface area contributed by atoms with E-state index in [1.54, 1.807) is 0 Å². The molecule has 0 aromatic rings. The number of rotatable bonds is 17. The molecule has 1 aliphatic carbocycles. The second-order valence-corrected chi connectivity index (χ2v) is 8.42. The standard InChI is InChI=1S/C23H42O5/c1-3-5-11-18(24)12-10-14-20-19(13-8-6-7-9-15-23(26)27)21(25)17-22(20)28-16-4-2/h18-20,22,24H,3-17H2,1-2H3,(H,26,27)/t18?,19-,20-,22-/m1/s1. The number of Topliss-reactive ketones (excluding diaryl/α,β-unsaturated/α-hetero) is 1. The van der Waals surface area contributed by atoms with Gasteiger partial charge in [0, 0.05) is 25.4 Å². The van der Waals surface area contributed by atoms with Gasteiger partial charge in [-0.05, 0) is 44.4 Å². The minimum absolute atomic E-state index is 0.0391. The zero-order chi connectivity index (χ0) is 20.8. The van der Waals surface area contributed by atoms with Crippen LogP contribution < -0.4 is 0 Å². The number of ketones is 1. The Morgan fingerprint density at radius 2 is 1.75 bits per heavy atom. The molecule has 5 heteroatoms. The zero-order valence-corrected chi connectivity index (χ0v) is 18.0. The summed E-state index contributed by atoms with van der Waals surface area (Å²) in [6.07, 6.45) is 11.8. The van der Waals surface area contributed by atoms with Gasteiger partial charge in [0.2, 0.25) is 0 Å². The highest BCUT2D eigenvalue weighted by atomic mass is 16.5. The molecule has 0 saturated heterocycles. The van der Waals surface area contributed by atoms with E-state index in [1.807, 2.05) is 0 Å². The van der Waals surface area contributed by atoms with Crippen molar-refractivity contribution in [3.63, 3.8) is 0 Å². The van der Waals surface area contributed by atoms with Gasteiger partial charge in [0.25, 0.3) is 0 Å². The van der Waals surface area contributed by atoms with Crippen LogP contribution in [0.5, 0.6) is 0 Å². The van der Waals surface area contributed by atoms with E-state index in [4.69, 9.17) is 9.84 Å². The quantitative estimate of drug-likeness (QED) is 0.332. The van der Waals surface area contributed by atoms with E-state index in [0.717, 1.165) is 77.0 Å². The monoisotopic (exact) mass is 398 g/mol. The lowest BCUT2D eigenvalue weighted by Crippen LogP contribution is -2.24. The van der Waals surface area contributed by atoms with E-state index in [1.165, 1.54) is 0 Å². The average Bonchev–Trinajstić information content (AvgIpc) is 2.95. The van der Waals surface area contributed by atoms with Crippen LogP contribution in [0.1, 0.15) is 104 Å². The molecule has 1 saturated carbocycles. The summed E-state index contributed by atoms with van der Waals surface area (Å²) >= 11 is 0. The number of hydrogen-bond acceptors (Lipinski definition) is 4. The van der Waals surface area contributed by atoms with Crippen LogP contribution in [0.2, 0.25) is 0 Å². The van der Waals surface area contributed by atoms with Crippen LogP contribution in [-0.4, -0.2) is 40.8 Å². The lowest BCUT2D eigenvalue weighted by atomic mass is 9.85. The summed E-state index contributed by atoms with van der Waals surface area (Å²) in [5, 5.41) is 18.8. The largest absolute Gasteiger partial charge is 0.481 e. The molecule has 1 aliphatic rings. The highest BCUT2D eigenvalue weighted by molar-refractivity contribution is 5.84. The number of carboxylic acids is 1. The molecule has 28 heavy (non-hydrogen) atoms. The average molecular weight is 399 g/mol. The number of carboxylic acid groups (broad SMARTS) is 1. The van der Waals surface area contributed by atoms with Gasteiger partial charge in [-0.3, -0.25) is 9.59 Å². The van der Waals surface area contributed by atoms with Crippen LogP contribution in [-0.2, 0) is 14.3 Å². The van der Waals surface area contributed by atoms with Crippen molar-refractivity contribution in [2.75, 3.05) is 6.61 Å². The fraction of sp³-hybridized carbons (Fsp3) is 0.913. The Hall–Kier alpha value is -0.940. The smallest absolute Gasteiger partial charge is 0.303 e. The van der Waals surface area contributed by atoms with Gasteiger partial charge in [0.1, 0.15) is 5.78 Å². The van der Waals surface area contributed by atoms with Crippen molar-refractivity contribution in [2.45, 2.75) is 116 Å². The third kappa shape index (κ3) is 10.0. The Bertz CT molecular complexity index is 437. The summed E-state index contributed by atoms with van der Waals surface area (Å²) in [7, 11) is 0. The van der Waals surface area contributed by atoms with Crippen LogP contribution in [0.15, 0.2) is 0 Å². The number of aliphatic carboxylic acids is 1. The number of carbonyl (C=O) groups is 2. The molecular formula is C23H42O5. The fourth-order valence-corrected chi connectivity index (χ4v) is 4.38. The molecule has 0 aromatic heterocycles. The summed E-state index contributed by atoms with van der Waals surface area (Å²) in [5.74, 6) is -0.0446. The first-order valence-corrected chi connectivity index (χ1v) is 11.5. The van der Waals surface area contributed by atoms with E-state index < -0.39 is 5.97 Å². The number of ether oxygens (including phenoxy) is 1. The van der Waals surface area contributed by atoms with E-state index in [-0.39, 0.29) is 30.5 Å². The van der Waals surface area contributed by atoms with Crippen LogP contribution >= 0.6 is 0 Å². The highest BCUT2D eigenvalue weighted by Gasteiger charge is 2.41. The molecular weight excluding hydrogens is 356 g/mol. The molecule has 5 nitrogen and oxygen atoms in total. The topological polar surface area (TPSA) is 83.8 Å². The van der Waals surface area contributed by atoms with Gasteiger partial charge in [0.15, 0.2) is 0 Å². The fourth-order valence-electron chi connectivity index (χ4n) is 4.38. The summed E-state index contributed by atoms with van der Waals surface area (Å²) < 4.78 is 6.01. The number of carbonyl (C=O) groups excluding carboxylic acids is 1. The van der Waals surface area contributed by atoms with Gasteiger partial charge in [0.05, 0.1) is 12.2 Å². The maximum atomic E-state index is 12.6. The van der Waals surface area contributed by atoms with Crippen molar-refractivity contribution in [3.05, 3.63) is 0 Å². The van der Waals surface area contributed by atoms with Gasteiger partial charge >= 0.3 is 5.97 Å². The molecule has 4 atom stereocenters. The molecule has 164 valence electrons. The normalized spacial score (nSPS) is 23.2. The van der Waals surface area contributed by atoms with Crippen molar-refractivity contribution in [2.24, 2.45) is 11.8 Å². The summed E-state index contributed by atoms with van der Waals surface area (Å²) in [6.45, 7) is 4.93. The molecule has 2 N–H and O–H groups in total. The third-order valence-corrected chi connectivity index (χ3v) is 5.97. The Morgan fingerprint density at radius 3 is 2.43 bits per heavy atom. The predicted molar refractivity (Wildman–Crippen MR) is 111 cm³/mol.